The molecule has 0 aromatic carbocycles. The third-order valence-electron chi connectivity index (χ3n) is 5.48. The van der Waals surface area contributed by atoms with E-state index in [9.17, 15) is 13.2 Å². The second-order valence-corrected chi connectivity index (χ2v) is 9.25. The van der Waals surface area contributed by atoms with Gasteiger partial charge in [-0.05, 0) is 39.5 Å². The number of nitrogens with zero attached hydrogens (tertiary/aromatic N) is 3. The Balaban J connectivity index is 1.86. The molecule has 26 heavy (non-hydrogen) atoms. The van der Waals surface area contributed by atoms with E-state index in [1.54, 1.807) is 20.9 Å². The standard InChI is InChI=1S/C16H25N5O4S/c1-10-14(11(2)25-19-10)26(23,24)21-7-5-6-12(9-21)16(3)8-13(22)20(4)15(17)18-16/h12H,5-9H2,1-4H3,(H2,17,18)/t12?,16-/m0/s1. The minimum Gasteiger partial charge on any atom is -0.360 e. The number of piperidine rings is 1. The van der Waals surface area contributed by atoms with E-state index in [0.29, 0.717) is 25.2 Å². The van der Waals surface area contributed by atoms with Crippen LogP contribution < -0.4 is 5.32 Å². The Kier molecular flexibility index (Phi) is 4.60. The predicted molar refractivity (Wildman–Crippen MR) is 94.1 cm³/mol. The van der Waals surface area contributed by atoms with Gasteiger partial charge in [-0.3, -0.25) is 15.1 Å². The SMILES string of the molecule is Cc1noc(C)c1S(=O)(=O)N1CCCC([C@]2(C)CC(=O)N(C)C(=N)N2)C1. The molecule has 3 heterocycles. The van der Waals surface area contributed by atoms with Crippen molar-refractivity contribution in [1.29, 1.82) is 5.41 Å². The minimum atomic E-state index is -3.72. The second-order valence-electron chi connectivity index (χ2n) is 7.38. The Morgan fingerprint density at radius 3 is 2.65 bits per heavy atom. The molecular formula is C16H25N5O4S. The number of carbonyl (C=O) groups is 1. The van der Waals surface area contributed by atoms with E-state index >= 15 is 0 Å². The van der Waals surface area contributed by atoms with Gasteiger partial charge in [0.25, 0.3) is 0 Å². The Morgan fingerprint density at radius 1 is 1.38 bits per heavy atom. The first-order chi connectivity index (χ1) is 12.1. The topological polar surface area (TPSA) is 120 Å². The van der Waals surface area contributed by atoms with Gasteiger partial charge in [-0.2, -0.15) is 4.31 Å². The summed E-state index contributed by atoms with van der Waals surface area (Å²) in [7, 11) is -2.15. The van der Waals surface area contributed by atoms with Crippen LogP contribution in [0, 0.1) is 25.2 Å². The molecule has 2 aliphatic rings. The third-order valence-corrected chi connectivity index (χ3v) is 7.59. The monoisotopic (exact) mass is 383 g/mol. The number of rotatable bonds is 3. The summed E-state index contributed by atoms with van der Waals surface area (Å²) in [5.74, 6) is 0.117. The summed E-state index contributed by atoms with van der Waals surface area (Å²) >= 11 is 0. The normalized spacial score (nSPS) is 28.3. The molecule has 1 unspecified atom stereocenters. The molecule has 2 atom stereocenters. The van der Waals surface area contributed by atoms with E-state index in [0.717, 1.165) is 6.42 Å². The van der Waals surface area contributed by atoms with Gasteiger partial charge in [0.1, 0.15) is 10.6 Å². The van der Waals surface area contributed by atoms with Gasteiger partial charge in [-0.25, -0.2) is 8.42 Å². The van der Waals surface area contributed by atoms with Crippen molar-refractivity contribution < 1.29 is 17.7 Å². The average Bonchev–Trinajstić information content (AvgIpc) is 2.92. The number of aromatic nitrogens is 1. The summed E-state index contributed by atoms with van der Waals surface area (Å²) < 4.78 is 32.7. The molecule has 0 radical (unpaired) electrons. The molecule has 1 aromatic rings. The van der Waals surface area contributed by atoms with Crippen molar-refractivity contribution in [1.82, 2.24) is 19.7 Å². The van der Waals surface area contributed by atoms with E-state index in [1.807, 2.05) is 6.92 Å². The Labute approximate surface area is 153 Å². The molecule has 2 fully saturated rings. The second kappa shape index (κ2) is 6.34. The lowest BCUT2D eigenvalue weighted by atomic mass is 9.77. The van der Waals surface area contributed by atoms with Crippen molar-refractivity contribution in [3.05, 3.63) is 11.5 Å². The molecule has 0 bridgehead atoms. The fraction of sp³-hybridized carbons (Fsp3) is 0.688. The molecule has 0 saturated carbocycles. The van der Waals surface area contributed by atoms with Gasteiger partial charge < -0.3 is 9.84 Å². The van der Waals surface area contributed by atoms with Crippen molar-refractivity contribution >= 4 is 21.9 Å². The molecule has 9 nitrogen and oxygen atoms in total. The van der Waals surface area contributed by atoms with Crippen molar-refractivity contribution in [3.63, 3.8) is 0 Å². The number of amides is 1. The van der Waals surface area contributed by atoms with Gasteiger partial charge in [0.05, 0.1) is 12.0 Å². The zero-order chi connectivity index (χ0) is 19.3. The van der Waals surface area contributed by atoms with Crippen LogP contribution >= 0.6 is 0 Å². The Bertz CT molecular complexity index is 809. The number of aryl methyl sites for hydroxylation is 2. The smallest absolute Gasteiger partial charge is 0.248 e. The number of hydrogen-bond donors (Lipinski definition) is 2. The van der Waals surface area contributed by atoms with Crippen LogP contribution in [0.4, 0.5) is 0 Å². The van der Waals surface area contributed by atoms with E-state index < -0.39 is 15.6 Å². The lowest BCUT2D eigenvalue weighted by molar-refractivity contribution is -0.130. The van der Waals surface area contributed by atoms with Gasteiger partial charge in [0.15, 0.2) is 11.7 Å². The number of carbonyl (C=O) groups excluding carboxylic acids is 1. The van der Waals surface area contributed by atoms with Crippen LogP contribution in [-0.2, 0) is 14.8 Å². The molecule has 144 valence electrons. The summed E-state index contributed by atoms with van der Waals surface area (Å²) in [4.78, 5) is 13.6. The Morgan fingerprint density at radius 2 is 2.08 bits per heavy atom. The molecule has 10 heteroatoms. The summed E-state index contributed by atoms with van der Waals surface area (Å²) in [6, 6.07) is 0. The van der Waals surface area contributed by atoms with Gasteiger partial charge in [-0.1, -0.05) is 5.16 Å². The van der Waals surface area contributed by atoms with E-state index in [4.69, 9.17) is 9.93 Å². The minimum absolute atomic E-state index is 0.0504. The van der Waals surface area contributed by atoms with Crippen molar-refractivity contribution in [2.75, 3.05) is 20.1 Å². The van der Waals surface area contributed by atoms with Crippen LogP contribution in [0.3, 0.4) is 0 Å². The van der Waals surface area contributed by atoms with Crippen LogP contribution in [0.5, 0.6) is 0 Å². The van der Waals surface area contributed by atoms with Gasteiger partial charge >= 0.3 is 0 Å². The molecule has 2 saturated heterocycles. The number of hydrogen-bond acceptors (Lipinski definition) is 6. The first kappa shape index (κ1) is 18.8. The largest absolute Gasteiger partial charge is 0.360 e. The van der Waals surface area contributed by atoms with Crippen molar-refractivity contribution in [3.8, 4) is 0 Å². The Hall–Kier alpha value is -1.94. The number of nitrogens with one attached hydrogen (secondary N) is 2. The molecule has 0 spiro atoms. The van der Waals surface area contributed by atoms with E-state index in [-0.39, 0.29) is 34.9 Å². The zero-order valence-electron chi connectivity index (χ0n) is 15.5. The third kappa shape index (κ3) is 3.01. The maximum atomic E-state index is 13.1. The molecule has 0 aliphatic carbocycles. The highest BCUT2D eigenvalue weighted by Crippen LogP contribution is 2.35. The first-order valence-corrected chi connectivity index (χ1v) is 10.1. The number of sulfonamides is 1. The van der Waals surface area contributed by atoms with Gasteiger partial charge in [0, 0.05) is 20.1 Å². The average molecular weight is 383 g/mol. The van der Waals surface area contributed by atoms with Crippen LogP contribution in [0.15, 0.2) is 9.42 Å². The van der Waals surface area contributed by atoms with E-state index in [2.05, 4.69) is 10.5 Å². The van der Waals surface area contributed by atoms with Crippen LogP contribution in [0.1, 0.15) is 37.6 Å². The van der Waals surface area contributed by atoms with Gasteiger partial charge in [-0.15, -0.1) is 0 Å². The van der Waals surface area contributed by atoms with Crippen LogP contribution in [0.25, 0.3) is 0 Å². The zero-order valence-corrected chi connectivity index (χ0v) is 16.3. The fourth-order valence-corrected chi connectivity index (χ4v) is 5.67. The molecule has 3 rings (SSSR count). The fourth-order valence-electron chi connectivity index (χ4n) is 3.86. The highest BCUT2D eigenvalue weighted by molar-refractivity contribution is 7.89. The summed E-state index contributed by atoms with van der Waals surface area (Å²) in [5, 5.41) is 14.8. The molecule has 1 aromatic heterocycles. The van der Waals surface area contributed by atoms with E-state index in [1.165, 1.54) is 9.21 Å². The van der Waals surface area contributed by atoms with Gasteiger partial charge in [0.2, 0.25) is 15.9 Å². The maximum absolute atomic E-state index is 13.1. The summed E-state index contributed by atoms with van der Waals surface area (Å²) in [6.07, 6.45) is 1.72. The summed E-state index contributed by atoms with van der Waals surface area (Å²) in [5.41, 5.74) is -0.293. The van der Waals surface area contributed by atoms with Crippen LogP contribution in [-0.4, -0.2) is 60.3 Å². The molecule has 2 aliphatic heterocycles. The molecular weight excluding hydrogens is 358 g/mol. The highest BCUT2D eigenvalue weighted by atomic mass is 32.2. The lowest BCUT2D eigenvalue weighted by Crippen LogP contribution is -2.65. The first-order valence-electron chi connectivity index (χ1n) is 8.62. The maximum Gasteiger partial charge on any atom is 0.248 e. The van der Waals surface area contributed by atoms with Crippen molar-refractivity contribution in [2.24, 2.45) is 5.92 Å². The highest BCUT2D eigenvalue weighted by Gasteiger charge is 2.46. The molecule has 1 amide bonds. The summed E-state index contributed by atoms with van der Waals surface area (Å²) in [6.45, 7) is 5.81. The molecule has 2 N–H and O–H groups in total. The van der Waals surface area contributed by atoms with Crippen LogP contribution in [0.2, 0.25) is 0 Å². The lowest BCUT2D eigenvalue weighted by Gasteiger charge is -2.47. The van der Waals surface area contributed by atoms with Crippen molar-refractivity contribution in [2.45, 2.75) is 50.5 Å². The number of guanidine groups is 1. The predicted octanol–water partition coefficient (Wildman–Crippen LogP) is 0.837. The quantitative estimate of drug-likeness (QED) is 0.798.